The minimum Gasteiger partial charge on any atom is -0.359 e. The average Bonchev–Trinajstić information content (AvgIpc) is 2.99. The Morgan fingerprint density at radius 3 is 2.73 bits per heavy atom. The number of nitrogens with one attached hydrogen (secondary N) is 2. The Kier molecular flexibility index (Phi) is 4.71. The first-order valence-corrected chi connectivity index (χ1v) is 8.93. The van der Waals surface area contributed by atoms with Crippen molar-refractivity contribution < 1.29 is 9.59 Å². The van der Waals surface area contributed by atoms with Crippen LogP contribution in [0.5, 0.6) is 0 Å². The first kappa shape index (κ1) is 15.4. The van der Waals surface area contributed by atoms with Crippen LogP contribution in [0.4, 0.5) is 0 Å². The number of hydrogen-bond donors (Lipinski definition) is 2. The van der Waals surface area contributed by atoms with E-state index in [1.165, 1.54) is 4.90 Å². The molecular weight excluding hydrogens is 296 g/mol. The second-order valence-electron chi connectivity index (χ2n) is 6.02. The van der Waals surface area contributed by atoms with Crippen LogP contribution in [0, 0.1) is 5.92 Å². The Labute approximate surface area is 135 Å². The molecule has 0 saturated heterocycles. The summed E-state index contributed by atoms with van der Waals surface area (Å²) < 4.78 is 0. The van der Waals surface area contributed by atoms with Gasteiger partial charge in [-0.15, -0.1) is 11.8 Å². The maximum atomic E-state index is 12.7. The third-order valence-electron chi connectivity index (χ3n) is 4.69. The molecule has 0 bridgehead atoms. The van der Waals surface area contributed by atoms with Gasteiger partial charge in [0.25, 0.3) is 0 Å². The molecule has 1 fully saturated rings. The van der Waals surface area contributed by atoms with E-state index < -0.39 is 0 Å². The van der Waals surface area contributed by atoms with Crippen LogP contribution in [-0.4, -0.2) is 30.7 Å². The lowest BCUT2D eigenvalue weighted by Crippen LogP contribution is -2.49. The fraction of sp³-hybridized carbons (Fsp3) is 0.529. The van der Waals surface area contributed by atoms with Crippen molar-refractivity contribution in [1.82, 2.24) is 10.6 Å². The molecule has 5 heteroatoms. The summed E-state index contributed by atoms with van der Waals surface area (Å²) in [5, 5.41) is 5.88. The van der Waals surface area contributed by atoms with E-state index in [0.29, 0.717) is 0 Å². The summed E-state index contributed by atoms with van der Waals surface area (Å²) in [6.45, 7) is 0. The summed E-state index contributed by atoms with van der Waals surface area (Å²) in [6, 6.07) is 8.07. The summed E-state index contributed by atoms with van der Waals surface area (Å²) in [4.78, 5) is 25.9. The molecule has 0 spiro atoms. The molecule has 1 heterocycles. The minimum absolute atomic E-state index is 0.0287. The van der Waals surface area contributed by atoms with Gasteiger partial charge in [-0.1, -0.05) is 31.0 Å². The van der Waals surface area contributed by atoms with Crippen LogP contribution in [0.3, 0.4) is 0 Å². The lowest BCUT2D eigenvalue weighted by molar-refractivity contribution is -0.128. The fourth-order valence-corrected chi connectivity index (χ4v) is 4.69. The molecule has 2 amide bonds. The van der Waals surface area contributed by atoms with E-state index in [4.69, 9.17) is 0 Å². The molecule has 1 aromatic carbocycles. The number of hydrogen-bond acceptors (Lipinski definition) is 3. The minimum atomic E-state index is -0.0907. The topological polar surface area (TPSA) is 58.2 Å². The first-order chi connectivity index (χ1) is 10.7. The number of rotatable bonds is 3. The van der Waals surface area contributed by atoms with Gasteiger partial charge in [-0.05, 0) is 24.5 Å². The van der Waals surface area contributed by atoms with Gasteiger partial charge in [0.1, 0.15) is 0 Å². The highest BCUT2D eigenvalue weighted by Gasteiger charge is 2.35. The number of carbonyl (C=O) groups is 2. The molecule has 1 saturated carbocycles. The normalized spacial score (nSPS) is 27.0. The van der Waals surface area contributed by atoms with Gasteiger partial charge in [-0.3, -0.25) is 9.59 Å². The molecule has 2 aliphatic rings. The molecule has 2 N–H and O–H groups in total. The van der Waals surface area contributed by atoms with Crippen LogP contribution < -0.4 is 10.6 Å². The van der Waals surface area contributed by atoms with Crippen molar-refractivity contribution >= 4 is 23.6 Å². The standard InChI is InChI=1S/C17H22N2O2S/c1-18-16(20)12-7-2-4-8-14(12)19-17(21)13-10-22-15-9-5-3-6-11(13)15/h3,5-6,9,12-14H,2,4,7-8,10H2,1H3,(H,18,20)(H,19,21)/t12-,13-,14-/m1/s1. The van der Waals surface area contributed by atoms with Crippen molar-refractivity contribution in [2.75, 3.05) is 12.8 Å². The molecule has 118 valence electrons. The summed E-state index contributed by atoms with van der Waals surface area (Å²) in [5.74, 6) is 0.729. The van der Waals surface area contributed by atoms with Gasteiger partial charge < -0.3 is 10.6 Å². The second kappa shape index (κ2) is 6.73. The first-order valence-electron chi connectivity index (χ1n) is 7.94. The van der Waals surface area contributed by atoms with Crippen molar-refractivity contribution in [3.05, 3.63) is 29.8 Å². The lowest BCUT2D eigenvalue weighted by atomic mass is 9.83. The third-order valence-corrected chi connectivity index (χ3v) is 5.88. The number of amides is 2. The van der Waals surface area contributed by atoms with Crippen molar-refractivity contribution in [2.24, 2.45) is 5.92 Å². The maximum Gasteiger partial charge on any atom is 0.228 e. The Hall–Kier alpha value is -1.49. The summed E-state index contributed by atoms with van der Waals surface area (Å²) in [5.41, 5.74) is 1.12. The third kappa shape index (κ3) is 3.00. The number of benzene rings is 1. The van der Waals surface area contributed by atoms with E-state index in [9.17, 15) is 9.59 Å². The van der Waals surface area contributed by atoms with Crippen LogP contribution in [0.1, 0.15) is 37.2 Å². The smallest absolute Gasteiger partial charge is 0.228 e. The van der Waals surface area contributed by atoms with Gasteiger partial charge in [-0.2, -0.15) is 0 Å². The molecule has 0 aromatic heterocycles. The number of carbonyl (C=O) groups excluding carboxylic acids is 2. The zero-order valence-corrected chi connectivity index (χ0v) is 13.6. The zero-order chi connectivity index (χ0) is 15.5. The maximum absolute atomic E-state index is 12.7. The van der Waals surface area contributed by atoms with E-state index in [2.05, 4.69) is 16.7 Å². The Morgan fingerprint density at radius 1 is 1.14 bits per heavy atom. The quantitative estimate of drug-likeness (QED) is 0.899. The van der Waals surface area contributed by atoms with E-state index in [1.807, 2.05) is 18.2 Å². The van der Waals surface area contributed by atoms with E-state index in [1.54, 1.807) is 18.8 Å². The van der Waals surface area contributed by atoms with Gasteiger partial charge in [0.15, 0.2) is 0 Å². The van der Waals surface area contributed by atoms with Crippen molar-refractivity contribution in [3.63, 3.8) is 0 Å². The molecule has 1 aliphatic carbocycles. The van der Waals surface area contributed by atoms with Gasteiger partial charge in [-0.25, -0.2) is 0 Å². The SMILES string of the molecule is CNC(=O)[C@@H]1CCCC[C@H]1NC(=O)[C@@H]1CSc2ccccc21. The molecule has 4 nitrogen and oxygen atoms in total. The number of fused-ring (bicyclic) bond motifs is 1. The molecule has 3 atom stereocenters. The molecule has 3 rings (SSSR count). The van der Waals surface area contributed by atoms with Crippen LogP contribution in [-0.2, 0) is 9.59 Å². The molecule has 1 aliphatic heterocycles. The van der Waals surface area contributed by atoms with E-state index in [0.717, 1.165) is 37.0 Å². The van der Waals surface area contributed by atoms with Gasteiger partial charge in [0.2, 0.25) is 11.8 Å². The fourth-order valence-electron chi connectivity index (χ4n) is 3.47. The van der Waals surface area contributed by atoms with Crippen LogP contribution in [0.15, 0.2) is 29.2 Å². The van der Waals surface area contributed by atoms with E-state index >= 15 is 0 Å². The molecule has 0 radical (unpaired) electrons. The monoisotopic (exact) mass is 318 g/mol. The summed E-state index contributed by atoms with van der Waals surface area (Å²) >= 11 is 1.74. The van der Waals surface area contributed by atoms with Crippen molar-refractivity contribution in [1.29, 1.82) is 0 Å². The van der Waals surface area contributed by atoms with Gasteiger partial charge >= 0.3 is 0 Å². The summed E-state index contributed by atoms with van der Waals surface area (Å²) in [6.07, 6.45) is 3.90. The van der Waals surface area contributed by atoms with Crippen molar-refractivity contribution in [2.45, 2.75) is 42.5 Å². The zero-order valence-electron chi connectivity index (χ0n) is 12.8. The largest absolute Gasteiger partial charge is 0.359 e. The average molecular weight is 318 g/mol. The molecule has 0 unspecified atom stereocenters. The van der Waals surface area contributed by atoms with Gasteiger partial charge in [0.05, 0.1) is 11.8 Å². The predicted molar refractivity (Wildman–Crippen MR) is 87.9 cm³/mol. The van der Waals surface area contributed by atoms with Gasteiger partial charge in [0, 0.05) is 23.7 Å². The van der Waals surface area contributed by atoms with Crippen LogP contribution in [0.25, 0.3) is 0 Å². The van der Waals surface area contributed by atoms with Crippen LogP contribution >= 0.6 is 11.8 Å². The highest BCUT2D eigenvalue weighted by atomic mass is 32.2. The lowest BCUT2D eigenvalue weighted by Gasteiger charge is -2.31. The molecule has 22 heavy (non-hydrogen) atoms. The Balaban J connectivity index is 1.70. The van der Waals surface area contributed by atoms with Crippen molar-refractivity contribution in [3.8, 4) is 0 Å². The highest BCUT2D eigenvalue weighted by Crippen LogP contribution is 2.39. The van der Waals surface area contributed by atoms with E-state index in [-0.39, 0.29) is 29.7 Å². The Morgan fingerprint density at radius 2 is 1.91 bits per heavy atom. The van der Waals surface area contributed by atoms with Crippen LogP contribution in [0.2, 0.25) is 0 Å². The molecule has 1 aromatic rings. The second-order valence-corrected chi connectivity index (χ2v) is 7.08. The predicted octanol–water partition coefficient (Wildman–Crippen LogP) is 2.30. The number of thioether (sulfide) groups is 1. The highest BCUT2D eigenvalue weighted by molar-refractivity contribution is 7.99. The molecular formula is C17H22N2O2S. The Bertz CT molecular complexity index is 576. The summed E-state index contributed by atoms with van der Waals surface area (Å²) in [7, 11) is 1.67.